The summed E-state index contributed by atoms with van der Waals surface area (Å²) in [5.74, 6) is -0.746. The van der Waals surface area contributed by atoms with E-state index in [9.17, 15) is 19.5 Å². The maximum Gasteiger partial charge on any atom is 0.407 e. The molecule has 0 unspecified atom stereocenters. The molecule has 0 heterocycles. The Bertz CT molecular complexity index is 1330. The lowest BCUT2D eigenvalue weighted by Gasteiger charge is -2.08. The highest BCUT2D eigenvalue weighted by Crippen LogP contribution is 2.32. The number of carbonyl (C=O) groups excluding carboxylic acids is 3. The molecular formula is C29H29N3O6. The molecule has 0 bridgehead atoms. The monoisotopic (exact) mass is 515 g/mol. The van der Waals surface area contributed by atoms with Crippen LogP contribution < -0.4 is 5.32 Å². The SMILES string of the molecule is C=C(C)C(=O)OCCNC(=O)OCCc1ccc(/N=N/c2cc(C(=O)c3ccccc3)c(C)cc2O)cc1. The largest absolute Gasteiger partial charge is 0.506 e. The number of azo groups is 1. The summed E-state index contributed by atoms with van der Waals surface area (Å²) in [6.45, 7) is 7.09. The second-order valence-electron chi connectivity index (χ2n) is 8.45. The minimum atomic E-state index is -0.607. The number of nitrogens with zero attached hydrogens (tertiary/aromatic N) is 2. The van der Waals surface area contributed by atoms with Gasteiger partial charge in [0.15, 0.2) is 5.78 Å². The summed E-state index contributed by atoms with van der Waals surface area (Å²) >= 11 is 0. The van der Waals surface area contributed by atoms with E-state index >= 15 is 0 Å². The number of hydrogen-bond acceptors (Lipinski definition) is 8. The van der Waals surface area contributed by atoms with E-state index in [1.807, 2.05) is 18.2 Å². The third kappa shape index (κ3) is 8.12. The summed E-state index contributed by atoms with van der Waals surface area (Å²) in [6.07, 6.45) is -0.121. The maximum atomic E-state index is 12.9. The number of rotatable bonds is 11. The van der Waals surface area contributed by atoms with Gasteiger partial charge >= 0.3 is 12.1 Å². The number of hydrogen-bond donors (Lipinski definition) is 2. The molecule has 0 aliphatic heterocycles. The number of aromatic hydroxyl groups is 1. The van der Waals surface area contributed by atoms with E-state index in [-0.39, 0.29) is 42.6 Å². The number of carbonyl (C=O) groups is 3. The molecule has 0 atom stereocenters. The van der Waals surface area contributed by atoms with Gasteiger partial charge in [0.1, 0.15) is 18.0 Å². The number of aryl methyl sites for hydroxylation is 1. The number of esters is 1. The molecule has 9 heteroatoms. The fourth-order valence-corrected chi connectivity index (χ4v) is 3.32. The average molecular weight is 516 g/mol. The van der Waals surface area contributed by atoms with Gasteiger partial charge in [-0.1, -0.05) is 49.0 Å². The van der Waals surface area contributed by atoms with Gasteiger partial charge in [-0.3, -0.25) is 4.79 Å². The number of phenolic OH excluding ortho intramolecular Hbond substituents is 1. The highest BCUT2D eigenvalue weighted by Gasteiger charge is 2.15. The van der Waals surface area contributed by atoms with Crippen LogP contribution in [0.25, 0.3) is 0 Å². The van der Waals surface area contributed by atoms with Crippen LogP contribution >= 0.6 is 0 Å². The first-order valence-corrected chi connectivity index (χ1v) is 11.9. The molecule has 3 aromatic carbocycles. The summed E-state index contributed by atoms with van der Waals surface area (Å²) in [5.41, 5.74) is 3.57. The van der Waals surface area contributed by atoms with Crippen LogP contribution in [0.5, 0.6) is 5.75 Å². The molecule has 0 saturated heterocycles. The number of ether oxygens (including phenoxy) is 2. The molecule has 1 amide bonds. The number of nitrogens with one attached hydrogen (secondary N) is 1. The Balaban J connectivity index is 1.51. The smallest absolute Gasteiger partial charge is 0.407 e. The molecule has 0 aliphatic rings. The second kappa shape index (κ2) is 13.5. The van der Waals surface area contributed by atoms with E-state index in [0.717, 1.165) is 5.56 Å². The van der Waals surface area contributed by atoms with Crippen molar-refractivity contribution < 1.29 is 29.0 Å². The molecule has 9 nitrogen and oxygen atoms in total. The van der Waals surface area contributed by atoms with Crippen molar-refractivity contribution in [3.8, 4) is 5.75 Å². The van der Waals surface area contributed by atoms with Crippen LogP contribution in [0.2, 0.25) is 0 Å². The van der Waals surface area contributed by atoms with Gasteiger partial charge in [-0.2, -0.15) is 5.11 Å². The Morgan fingerprint density at radius 2 is 1.66 bits per heavy atom. The zero-order chi connectivity index (χ0) is 27.5. The standard InChI is InChI=1S/C29H29N3O6/c1-19(2)28(35)37-16-14-30-29(36)38-15-13-21-9-11-23(12-10-21)31-32-25-18-24(20(3)17-26(25)33)27(34)22-7-5-4-6-8-22/h4-12,17-18,33H,1,13-16H2,2-3H3,(H,30,36)/b32-31+. The molecule has 3 rings (SSSR count). The summed E-state index contributed by atoms with van der Waals surface area (Å²) in [5, 5.41) is 21.1. The topological polar surface area (TPSA) is 127 Å². The Morgan fingerprint density at radius 3 is 2.34 bits per heavy atom. The zero-order valence-corrected chi connectivity index (χ0v) is 21.3. The van der Waals surface area contributed by atoms with Crippen molar-refractivity contribution in [2.45, 2.75) is 20.3 Å². The van der Waals surface area contributed by atoms with Crippen molar-refractivity contribution in [3.63, 3.8) is 0 Å². The predicted octanol–water partition coefficient (Wildman–Crippen LogP) is 5.74. The van der Waals surface area contributed by atoms with E-state index in [2.05, 4.69) is 22.1 Å². The van der Waals surface area contributed by atoms with E-state index in [1.54, 1.807) is 50.2 Å². The van der Waals surface area contributed by atoms with E-state index in [0.29, 0.717) is 28.8 Å². The van der Waals surface area contributed by atoms with Crippen LogP contribution in [0.1, 0.15) is 34.0 Å². The summed E-state index contributed by atoms with van der Waals surface area (Å²) in [7, 11) is 0. The van der Waals surface area contributed by atoms with Crippen LogP contribution in [0.3, 0.4) is 0 Å². The van der Waals surface area contributed by atoms with Crippen molar-refractivity contribution >= 4 is 29.2 Å². The molecule has 0 spiro atoms. The number of amides is 1. The first-order chi connectivity index (χ1) is 18.2. The summed E-state index contributed by atoms with van der Waals surface area (Å²) in [6, 6.07) is 19.1. The minimum absolute atomic E-state index is 0.0296. The molecular weight excluding hydrogens is 486 g/mol. The third-order valence-electron chi connectivity index (χ3n) is 5.39. The molecule has 0 fully saturated rings. The van der Waals surface area contributed by atoms with Gasteiger partial charge in [-0.05, 0) is 49.2 Å². The van der Waals surface area contributed by atoms with E-state index in [4.69, 9.17) is 9.47 Å². The molecule has 38 heavy (non-hydrogen) atoms. The zero-order valence-electron chi connectivity index (χ0n) is 21.3. The van der Waals surface area contributed by atoms with Crippen LogP contribution in [0.4, 0.5) is 16.2 Å². The van der Waals surface area contributed by atoms with Crippen molar-refractivity contribution in [1.29, 1.82) is 0 Å². The fraction of sp³-hybridized carbons (Fsp3) is 0.207. The van der Waals surface area contributed by atoms with Gasteiger partial charge in [0, 0.05) is 23.1 Å². The Morgan fingerprint density at radius 1 is 0.947 bits per heavy atom. The van der Waals surface area contributed by atoms with Gasteiger partial charge in [-0.15, -0.1) is 5.11 Å². The highest BCUT2D eigenvalue weighted by atomic mass is 16.6. The van der Waals surface area contributed by atoms with Crippen LogP contribution in [-0.4, -0.2) is 42.7 Å². The number of phenols is 1. The first-order valence-electron chi connectivity index (χ1n) is 11.9. The maximum absolute atomic E-state index is 12.9. The Kier molecular flexibility index (Phi) is 9.87. The lowest BCUT2D eigenvalue weighted by atomic mass is 9.98. The van der Waals surface area contributed by atoms with Crippen molar-refractivity contribution in [2.75, 3.05) is 19.8 Å². The summed E-state index contributed by atoms with van der Waals surface area (Å²) < 4.78 is 9.99. The van der Waals surface area contributed by atoms with Crippen LogP contribution in [-0.2, 0) is 20.7 Å². The Hall–Kier alpha value is -4.79. The van der Waals surface area contributed by atoms with Crippen LogP contribution in [0, 0.1) is 6.92 Å². The molecule has 0 aromatic heterocycles. The quantitative estimate of drug-likeness (QED) is 0.110. The van der Waals surface area contributed by atoms with E-state index in [1.165, 1.54) is 12.1 Å². The number of alkyl carbamates (subject to hydrolysis) is 1. The van der Waals surface area contributed by atoms with Gasteiger partial charge < -0.3 is 19.9 Å². The highest BCUT2D eigenvalue weighted by molar-refractivity contribution is 6.10. The molecule has 196 valence electrons. The molecule has 0 saturated carbocycles. The number of ketones is 1. The predicted molar refractivity (Wildman–Crippen MR) is 142 cm³/mol. The lowest BCUT2D eigenvalue weighted by molar-refractivity contribution is -0.138. The van der Waals surface area contributed by atoms with Crippen LogP contribution in [0.15, 0.2) is 89.1 Å². The van der Waals surface area contributed by atoms with Crippen molar-refractivity contribution in [2.24, 2.45) is 10.2 Å². The van der Waals surface area contributed by atoms with Gasteiger partial charge in [-0.25, -0.2) is 9.59 Å². The van der Waals surface area contributed by atoms with E-state index < -0.39 is 12.1 Å². The fourth-order valence-electron chi connectivity index (χ4n) is 3.32. The van der Waals surface area contributed by atoms with Gasteiger partial charge in [0.05, 0.1) is 18.8 Å². The number of benzene rings is 3. The van der Waals surface area contributed by atoms with Crippen molar-refractivity contribution in [1.82, 2.24) is 5.32 Å². The van der Waals surface area contributed by atoms with Crippen molar-refractivity contribution in [3.05, 3.63) is 101 Å². The van der Waals surface area contributed by atoms with Gasteiger partial charge in [0.2, 0.25) is 0 Å². The lowest BCUT2D eigenvalue weighted by Crippen LogP contribution is -2.29. The average Bonchev–Trinajstić information content (AvgIpc) is 2.91. The second-order valence-corrected chi connectivity index (χ2v) is 8.45. The first kappa shape index (κ1) is 27.8. The normalized spacial score (nSPS) is 10.7. The Labute approximate surface area is 220 Å². The molecule has 3 aromatic rings. The third-order valence-corrected chi connectivity index (χ3v) is 5.39. The summed E-state index contributed by atoms with van der Waals surface area (Å²) in [4.78, 5) is 35.9. The minimum Gasteiger partial charge on any atom is -0.506 e. The molecule has 2 N–H and O–H groups in total. The molecule has 0 aliphatic carbocycles. The molecule has 0 radical (unpaired) electrons. The van der Waals surface area contributed by atoms with Gasteiger partial charge in [0.25, 0.3) is 0 Å².